The van der Waals surface area contributed by atoms with Crippen molar-refractivity contribution in [2.45, 2.75) is 13.8 Å². The summed E-state index contributed by atoms with van der Waals surface area (Å²) in [5, 5.41) is 8.13. The fraction of sp³-hybridized carbons (Fsp3) is 0.250. The highest BCUT2D eigenvalue weighted by molar-refractivity contribution is 5.80. The molecule has 0 aliphatic heterocycles. The molecule has 0 aromatic carbocycles. The maximum Gasteiger partial charge on any atom is 0.0957 e. The molecular formula is C8H11N3. The van der Waals surface area contributed by atoms with Crippen molar-refractivity contribution < 1.29 is 1.43 Å². The lowest BCUT2D eigenvalue weighted by molar-refractivity contribution is 1.07. The highest BCUT2D eigenvalue weighted by atomic mass is 15.1. The van der Waals surface area contributed by atoms with Crippen LogP contribution in [0.2, 0.25) is 0 Å². The Morgan fingerprint density at radius 2 is 2.27 bits per heavy atom. The van der Waals surface area contributed by atoms with Crippen LogP contribution in [-0.2, 0) is 0 Å². The molecule has 0 amide bonds. The van der Waals surface area contributed by atoms with E-state index in [1.807, 2.05) is 26.1 Å². The molecule has 0 fully saturated rings. The van der Waals surface area contributed by atoms with Gasteiger partial charge in [0.05, 0.1) is 5.52 Å². The van der Waals surface area contributed by atoms with Crippen LogP contribution < -0.4 is 0 Å². The monoisotopic (exact) mass is 149 g/mol. The summed E-state index contributed by atoms with van der Waals surface area (Å²) in [4.78, 5) is 4.18. The summed E-state index contributed by atoms with van der Waals surface area (Å²) in [5.74, 6) is 0. The van der Waals surface area contributed by atoms with Crippen molar-refractivity contribution in [2.75, 3.05) is 0 Å². The van der Waals surface area contributed by atoms with E-state index in [4.69, 9.17) is 0 Å². The third kappa shape index (κ3) is 0.888. The van der Waals surface area contributed by atoms with Crippen LogP contribution in [0.15, 0.2) is 12.3 Å². The van der Waals surface area contributed by atoms with E-state index >= 15 is 0 Å². The lowest BCUT2D eigenvalue weighted by Crippen LogP contribution is -1.78. The smallest absolute Gasteiger partial charge is 0.0957 e. The summed E-state index contributed by atoms with van der Waals surface area (Å²) in [6, 6.07) is 1.97. The first-order chi connectivity index (χ1) is 5.27. The molecule has 2 heterocycles. The second-order valence-electron chi connectivity index (χ2n) is 2.69. The number of aryl methyl sites for hydroxylation is 2. The predicted molar refractivity (Wildman–Crippen MR) is 45.5 cm³/mol. The van der Waals surface area contributed by atoms with Gasteiger partial charge in [-0.25, -0.2) is 0 Å². The number of H-pyrrole nitrogens is 1. The van der Waals surface area contributed by atoms with Crippen LogP contribution >= 0.6 is 0 Å². The van der Waals surface area contributed by atoms with Crippen LogP contribution in [0.1, 0.15) is 12.8 Å². The van der Waals surface area contributed by atoms with Crippen molar-refractivity contribution in [2.24, 2.45) is 0 Å². The number of aromatic nitrogens is 3. The summed E-state index contributed by atoms with van der Waals surface area (Å²) in [5.41, 5.74) is 3.08. The second kappa shape index (κ2) is 2.05. The number of pyridine rings is 1. The van der Waals surface area contributed by atoms with Crippen LogP contribution in [0.5, 0.6) is 0 Å². The van der Waals surface area contributed by atoms with Crippen LogP contribution in [0.3, 0.4) is 0 Å². The van der Waals surface area contributed by atoms with Gasteiger partial charge < -0.3 is 0 Å². The lowest BCUT2D eigenvalue weighted by Gasteiger charge is -1.89. The highest BCUT2D eigenvalue weighted by Gasteiger charge is 1.99. The molecule has 0 unspecified atom stereocenters. The topological polar surface area (TPSA) is 41.6 Å². The van der Waals surface area contributed by atoms with Gasteiger partial charge in [-0.15, -0.1) is 0 Å². The molecule has 58 valence electrons. The van der Waals surface area contributed by atoms with E-state index in [1.54, 1.807) is 0 Å². The maximum absolute atomic E-state index is 4.18. The van der Waals surface area contributed by atoms with Gasteiger partial charge in [0, 0.05) is 24.4 Å². The van der Waals surface area contributed by atoms with Crippen molar-refractivity contribution in [3.05, 3.63) is 23.7 Å². The van der Waals surface area contributed by atoms with Gasteiger partial charge in [-0.05, 0) is 19.9 Å². The van der Waals surface area contributed by atoms with Crippen LogP contribution in [0.4, 0.5) is 0 Å². The molecule has 0 aliphatic rings. The molecule has 3 nitrogen and oxygen atoms in total. The van der Waals surface area contributed by atoms with Crippen LogP contribution in [-0.4, -0.2) is 15.2 Å². The molecule has 0 bridgehead atoms. The Hall–Kier alpha value is -1.38. The molecule has 2 aromatic rings. The third-order valence-corrected chi connectivity index (χ3v) is 1.77. The highest BCUT2D eigenvalue weighted by Crippen LogP contribution is 2.13. The zero-order chi connectivity index (χ0) is 7.84. The van der Waals surface area contributed by atoms with E-state index in [-0.39, 0.29) is 1.43 Å². The lowest BCUT2D eigenvalue weighted by atomic mass is 10.2. The Bertz CT molecular complexity index is 394. The molecule has 0 saturated carbocycles. The normalized spacial score (nSPS) is 10.7. The zero-order valence-corrected chi connectivity index (χ0v) is 6.55. The molecule has 0 radical (unpaired) electrons. The predicted octanol–water partition coefficient (Wildman–Crippen LogP) is 1.82. The van der Waals surface area contributed by atoms with E-state index in [0.29, 0.717) is 0 Å². The van der Waals surface area contributed by atoms with E-state index in [0.717, 1.165) is 22.3 Å². The zero-order valence-electron chi connectivity index (χ0n) is 6.55. The summed E-state index contributed by atoms with van der Waals surface area (Å²) in [6.45, 7) is 3.95. The van der Waals surface area contributed by atoms with Crippen molar-refractivity contribution in [3.63, 3.8) is 0 Å². The molecule has 0 saturated heterocycles. The van der Waals surface area contributed by atoms with Crippen molar-refractivity contribution in [3.8, 4) is 0 Å². The molecular weight excluding hydrogens is 138 g/mol. The van der Waals surface area contributed by atoms with Gasteiger partial charge in [0.25, 0.3) is 0 Å². The van der Waals surface area contributed by atoms with Gasteiger partial charge >= 0.3 is 0 Å². The standard InChI is InChI=1S/C8H9N3.H2/c1-5-3-8-7(4-9-5)6(2)10-11-8;/h3-4H,1-2H3,(H,10,11);1H. The summed E-state index contributed by atoms with van der Waals surface area (Å²) in [6.07, 6.45) is 1.85. The molecule has 2 rings (SSSR count). The molecule has 11 heavy (non-hydrogen) atoms. The van der Waals surface area contributed by atoms with Crippen LogP contribution in [0.25, 0.3) is 10.9 Å². The molecule has 3 heteroatoms. The quantitative estimate of drug-likeness (QED) is 0.620. The average Bonchev–Trinajstić information content (AvgIpc) is 2.32. The Kier molecular flexibility index (Phi) is 1.18. The summed E-state index contributed by atoms with van der Waals surface area (Å²) in [7, 11) is 0. The first-order valence-corrected chi connectivity index (χ1v) is 3.55. The largest absolute Gasteiger partial charge is 0.282 e. The second-order valence-corrected chi connectivity index (χ2v) is 2.69. The fourth-order valence-electron chi connectivity index (χ4n) is 1.13. The number of rotatable bonds is 0. The van der Waals surface area contributed by atoms with Crippen molar-refractivity contribution in [1.29, 1.82) is 0 Å². The van der Waals surface area contributed by atoms with E-state index < -0.39 is 0 Å². The van der Waals surface area contributed by atoms with Crippen molar-refractivity contribution in [1.82, 2.24) is 15.2 Å². The first-order valence-electron chi connectivity index (χ1n) is 3.55. The van der Waals surface area contributed by atoms with E-state index in [1.165, 1.54) is 0 Å². The molecule has 0 atom stereocenters. The van der Waals surface area contributed by atoms with Gasteiger partial charge in [-0.1, -0.05) is 0 Å². The van der Waals surface area contributed by atoms with Crippen LogP contribution in [0, 0.1) is 13.8 Å². The van der Waals surface area contributed by atoms with Gasteiger partial charge in [0.2, 0.25) is 0 Å². The number of nitrogens with zero attached hydrogens (tertiary/aromatic N) is 2. The number of fused-ring (bicyclic) bond motifs is 1. The Balaban J connectivity index is 0.000000720. The van der Waals surface area contributed by atoms with Gasteiger partial charge in [0.15, 0.2) is 0 Å². The first kappa shape index (κ1) is 6.34. The van der Waals surface area contributed by atoms with E-state index in [2.05, 4.69) is 15.2 Å². The minimum atomic E-state index is 0. The number of aromatic amines is 1. The third-order valence-electron chi connectivity index (χ3n) is 1.77. The maximum atomic E-state index is 4.18. The minimum absolute atomic E-state index is 0. The van der Waals surface area contributed by atoms with Gasteiger partial charge in [0.1, 0.15) is 0 Å². The SMILES string of the molecule is Cc1cc2n[nH]c(C)c2cn1.[HH]. The molecule has 0 aliphatic carbocycles. The Morgan fingerprint density at radius 3 is 3.09 bits per heavy atom. The minimum Gasteiger partial charge on any atom is -0.282 e. The Labute approximate surface area is 65.9 Å². The van der Waals surface area contributed by atoms with E-state index in [9.17, 15) is 0 Å². The number of hydrogen-bond donors (Lipinski definition) is 1. The Morgan fingerprint density at radius 1 is 1.45 bits per heavy atom. The average molecular weight is 149 g/mol. The fourth-order valence-corrected chi connectivity index (χ4v) is 1.13. The summed E-state index contributed by atoms with van der Waals surface area (Å²) >= 11 is 0. The molecule has 0 spiro atoms. The number of nitrogens with one attached hydrogen (secondary N) is 1. The van der Waals surface area contributed by atoms with Gasteiger partial charge in [-0.2, -0.15) is 5.10 Å². The summed E-state index contributed by atoms with van der Waals surface area (Å²) < 4.78 is 0. The van der Waals surface area contributed by atoms with Crippen molar-refractivity contribution >= 4 is 10.9 Å². The molecule has 2 aromatic heterocycles. The molecule has 1 N–H and O–H groups in total. The van der Waals surface area contributed by atoms with Gasteiger partial charge in [-0.3, -0.25) is 10.1 Å². The number of hydrogen-bond acceptors (Lipinski definition) is 2.